The lowest BCUT2D eigenvalue weighted by Crippen LogP contribution is -2.33. The molecule has 1 aromatic carbocycles. The van der Waals surface area contributed by atoms with Crippen LogP contribution in [-0.4, -0.2) is 31.0 Å². The molecule has 0 aromatic heterocycles. The molecule has 1 unspecified atom stereocenters. The molecule has 0 aliphatic rings. The summed E-state index contributed by atoms with van der Waals surface area (Å²) in [4.78, 5) is 13.0. The zero-order chi connectivity index (χ0) is 11.3. The second kappa shape index (κ2) is 5.51. The molecule has 1 amide bonds. The number of nitrogens with zero attached hydrogens (tertiary/aromatic N) is 1. The van der Waals surface area contributed by atoms with Crippen LogP contribution in [0, 0.1) is 0 Å². The Bertz CT molecular complexity index is 309. The van der Waals surface area contributed by atoms with E-state index in [9.17, 15) is 4.79 Å². The Morgan fingerprint density at radius 3 is 2.47 bits per heavy atom. The van der Waals surface area contributed by atoms with Crippen molar-refractivity contribution < 1.29 is 9.53 Å². The van der Waals surface area contributed by atoms with E-state index < -0.39 is 0 Å². The van der Waals surface area contributed by atoms with E-state index >= 15 is 0 Å². The standard InChI is InChI=1S/C12H17NO2/c1-10(12(14)13(2)3)15-9-11-7-5-4-6-8-11/h4-8,10H,9H2,1-3H3. The molecule has 0 aliphatic heterocycles. The Hall–Kier alpha value is -1.35. The van der Waals surface area contributed by atoms with Crippen molar-refractivity contribution in [1.82, 2.24) is 4.90 Å². The molecular weight excluding hydrogens is 190 g/mol. The molecule has 0 aliphatic carbocycles. The molecule has 3 heteroatoms. The van der Waals surface area contributed by atoms with Gasteiger partial charge in [-0.05, 0) is 12.5 Å². The molecule has 3 nitrogen and oxygen atoms in total. The second-order valence-corrected chi connectivity index (χ2v) is 3.67. The van der Waals surface area contributed by atoms with Gasteiger partial charge in [-0.25, -0.2) is 0 Å². The minimum Gasteiger partial charge on any atom is -0.364 e. The molecule has 0 heterocycles. The maximum atomic E-state index is 11.5. The van der Waals surface area contributed by atoms with E-state index in [1.54, 1.807) is 21.0 Å². The van der Waals surface area contributed by atoms with Gasteiger partial charge in [0, 0.05) is 14.1 Å². The first kappa shape index (κ1) is 11.7. The summed E-state index contributed by atoms with van der Waals surface area (Å²) < 4.78 is 5.46. The van der Waals surface area contributed by atoms with Crippen LogP contribution in [0.3, 0.4) is 0 Å². The van der Waals surface area contributed by atoms with Crippen molar-refractivity contribution in [3.63, 3.8) is 0 Å². The Morgan fingerprint density at radius 2 is 1.93 bits per heavy atom. The number of benzene rings is 1. The molecule has 1 rings (SSSR count). The molecule has 0 radical (unpaired) electrons. The maximum Gasteiger partial charge on any atom is 0.250 e. The minimum absolute atomic E-state index is 0.00840. The molecule has 82 valence electrons. The highest BCUT2D eigenvalue weighted by Crippen LogP contribution is 2.04. The highest BCUT2D eigenvalue weighted by molar-refractivity contribution is 5.79. The van der Waals surface area contributed by atoms with Crippen molar-refractivity contribution in [3.8, 4) is 0 Å². The fourth-order valence-electron chi connectivity index (χ4n) is 1.23. The lowest BCUT2D eigenvalue weighted by molar-refractivity contribution is -0.140. The molecule has 0 saturated heterocycles. The summed E-state index contributed by atoms with van der Waals surface area (Å²) in [6.45, 7) is 2.24. The van der Waals surface area contributed by atoms with E-state index in [1.165, 1.54) is 4.90 Å². The van der Waals surface area contributed by atoms with Gasteiger partial charge < -0.3 is 9.64 Å². The maximum absolute atomic E-state index is 11.5. The van der Waals surface area contributed by atoms with Crippen molar-refractivity contribution in [1.29, 1.82) is 0 Å². The highest BCUT2D eigenvalue weighted by Gasteiger charge is 2.14. The number of amides is 1. The van der Waals surface area contributed by atoms with Crippen molar-refractivity contribution in [3.05, 3.63) is 35.9 Å². The number of carbonyl (C=O) groups excluding carboxylic acids is 1. The molecule has 1 atom stereocenters. The zero-order valence-corrected chi connectivity index (χ0v) is 9.43. The van der Waals surface area contributed by atoms with Gasteiger partial charge in [0.1, 0.15) is 6.10 Å². The van der Waals surface area contributed by atoms with Crippen LogP contribution in [0.1, 0.15) is 12.5 Å². The van der Waals surface area contributed by atoms with Crippen LogP contribution in [0.2, 0.25) is 0 Å². The van der Waals surface area contributed by atoms with E-state index in [0.29, 0.717) is 6.61 Å². The van der Waals surface area contributed by atoms with Gasteiger partial charge in [0.25, 0.3) is 5.91 Å². The quantitative estimate of drug-likeness (QED) is 0.751. The van der Waals surface area contributed by atoms with Crippen LogP contribution in [0.4, 0.5) is 0 Å². The first-order valence-electron chi connectivity index (χ1n) is 4.98. The average Bonchev–Trinajstić information content (AvgIpc) is 2.26. The Labute approximate surface area is 90.7 Å². The summed E-state index contributed by atoms with van der Waals surface area (Å²) in [7, 11) is 3.45. The third kappa shape index (κ3) is 3.72. The van der Waals surface area contributed by atoms with Crippen LogP contribution in [0.15, 0.2) is 30.3 Å². The number of likely N-dealkylation sites (N-methyl/N-ethyl adjacent to an activating group) is 1. The van der Waals surface area contributed by atoms with Crippen LogP contribution in [-0.2, 0) is 16.1 Å². The molecule has 0 spiro atoms. The summed E-state index contributed by atoms with van der Waals surface area (Å²) in [6.07, 6.45) is -0.389. The van der Waals surface area contributed by atoms with E-state index in [2.05, 4.69) is 0 Å². The summed E-state index contributed by atoms with van der Waals surface area (Å²) >= 11 is 0. The molecule has 1 aromatic rings. The summed E-state index contributed by atoms with van der Waals surface area (Å²) in [5, 5.41) is 0. The number of hydrogen-bond donors (Lipinski definition) is 0. The Kier molecular flexibility index (Phi) is 4.31. The van der Waals surface area contributed by atoms with Crippen molar-refractivity contribution >= 4 is 5.91 Å². The largest absolute Gasteiger partial charge is 0.364 e. The van der Waals surface area contributed by atoms with Gasteiger partial charge >= 0.3 is 0 Å². The Balaban J connectivity index is 2.41. The zero-order valence-electron chi connectivity index (χ0n) is 9.43. The molecular formula is C12H17NO2. The highest BCUT2D eigenvalue weighted by atomic mass is 16.5. The van der Waals surface area contributed by atoms with Gasteiger partial charge in [-0.1, -0.05) is 30.3 Å². The van der Waals surface area contributed by atoms with Crippen molar-refractivity contribution in [2.24, 2.45) is 0 Å². The van der Waals surface area contributed by atoms with Gasteiger partial charge in [0.2, 0.25) is 0 Å². The number of hydrogen-bond acceptors (Lipinski definition) is 2. The third-order valence-electron chi connectivity index (χ3n) is 2.13. The van der Waals surface area contributed by atoms with Gasteiger partial charge in [-0.15, -0.1) is 0 Å². The van der Waals surface area contributed by atoms with Crippen molar-refractivity contribution in [2.75, 3.05) is 14.1 Å². The molecule has 0 fully saturated rings. The summed E-state index contributed by atoms with van der Waals surface area (Å²) in [6, 6.07) is 9.83. The van der Waals surface area contributed by atoms with Crippen LogP contribution < -0.4 is 0 Å². The van der Waals surface area contributed by atoms with E-state index in [4.69, 9.17) is 4.74 Å². The lowest BCUT2D eigenvalue weighted by Gasteiger charge is -2.17. The monoisotopic (exact) mass is 207 g/mol. The summed E-state index contributed by atoms with van der Waals surface area (Å²) in [5.41, 5.74) is 1.08. The van der Waals surface area contributed by atoms with Crippen LogP contribution in [0.25, 0.3) is 0 Å². The first-order valence-corrected chi connectivity index (χ1v) is 4.98. The van der Waals surface area contributed by atoms with E-state index in [1.807, 2.05) is 30.3 Å². The smallest absolute Gasteiger partial charge is 0.250 e. The predicted octanol–water partition coefficient (Wildman–Crippen LogP) is 1.68. The van der Waals surface area contributed by atoms with E-state index in [-0.39, 0.29) is 12.0 Å². The summed E-state index contributed by atoms with van der Waals surface area (Å²) in [5.74, 6) is -0.00840. The third-order valence-corrected chi connectivity index (χ3v) is 2.13. The molecule has 0 saturated carbocycles. The van der Waals surface area contributed by atoms with Crippen LogP contribution >= 0.6 is 0 Å². The topological polar surface area (TPSA) is 29.5 Å². The molecule has 0 N–H and O–H groups in total. The normalized spacial score (nSPS) is 12.2. The molecule has 0 bridgehead atoms. The fourth-order valence-corrected chi connectivity index (χ4v) is 1.23. The lowest BCUT2D eigenvalue weighted by atomic mass is 10.2. The van der Waals surface area contributed by atoms with Gasteiger partial charge in [-0.2, -0.15) is 0 Å². The van der Waals surface area contributed by atoms with Gasteiger partial charge in [-0.3, -0.25) is 4.79 Å². The SMILES string of the molecule is CC(OCc1ccccc1)C(=O)N(C)C. The molecule has 15 heavy (non-hydrogen) atoms. The van der Waals surface area contributed by atoms with Crippen molar-refractivity contribution in [2.45, 2.75) is 19.6 Å². The minimum atomic E-state index is -0.389. The van der Waals surface area contributed by atoms with Crippen LogP contribution in [0.5, 0.6) is 0 Å². The second-order valence-electron chi connectivity index (χ2n) is 3.67. The number of carbonyl (C=O) groups is 1. The predicted molar refractivity (Wildman–Crippen MR) is 59.4 cm³/mol. The number of rotatable bonds is 4. The average molecular weight is 207 g/mol. The van der Waals surface area contributed by atoms with E-state index in [0.717, 1.165) is 5.56 Å². The Morgan fingerprint density at radius 1 is 1.33 bits per heavy atom. The fraction of sp³-hybridized carbons (Fsp3) is 0.417. The first-order chi connectivity index (χ1) is 7.11. The van der Waals surface area contributed by atoms with Gasteiger partial charge in [0.15, 0.2) is 0 Å². The number of ether oxygens (including phenoxy) is 1. The van der Waals surface area contributed by atoms with Gasteiger partial charge in [0.05, 0.1) is 6.61 Å².